The van der Waals surface area contributed by atoms with Crippen molar-refractivity contribution < 1.29 is 18.0 Å². The molecule has 0 aliphatic rings. The van der Waals surface area contributed by atoms with Crippen molar-refractivity contribution in [3.63, 3.8) is 0 Å². The van der Waals surface area contributed by atoms with Crippen LogP contribution in [0.3, 0.4) is 0 Å². The minimum Gasteiger partial charge on any atom is -0.452 e. The second-order valence-corrected chi connectivity index (χ2v) is 4.53. The highest BCUT2D eigenvalue weighted by Gasteiger charge is 2.22. The molecule has 0 N–H and O–H groups in total. The summed E-state index contributed by atoms with van der Waals surface area (Å²) in [6.07, 6.45) is 0. The first kappa shape index (κ1) is 12.5. The Kier molecular flexibility index (Phi) is 2.86. The van der Waals surface area contributed by atoms with Crippen molar-refractivity contribution in [2.75, 3.05) is 0 Å². The van der Waals surface area contributed by atoms with Gasteiger partial charge in [0.25, 0.3) is 0 Å². The van der Waals surface area contributed by atoms with Crippen LogP contribution in [0.4, 0.5) is 8.78 Å². The maximum absolute atomic E-state index is 13.6. The molecule has 0 saturated carbocycles. The number of aryl methyl sites for hydroxylation is 1. The van der Waals surface area contributed by atoms with E-state index in [1.165, 1.54) is 12.1 Å². The van der Waals surface area contributed by atoms with E-state index in [4.69, 9.17) is 4.42 Å². The van der Waals surface area contributed by atoms with Crippen LogP contribution in [0.25, 0.3) is 11.0 Å². The van der Waals surface area contributed by atoms with E-state index < -0.39 is 23.0 Å². The molecule has 0 aliphatic carbocycles. The fourth-order valence-electron chi connectivity index (χ4n) is 2.16. The van der Waals surface area contributed by atoms with Crippen molar-refractivity contribution in [1.82, 2.24) is 0 Å². The second kappa shape index (κ2) is 4.56. The van der Waals surface area contributed by atoms with Crippen molar-refractivity contribution in [3.8, 4) is 0 Å². The van der Waals surface area contributed by atoms with E-state index in [0.29, 0.717) is 5.58 Å². The van der Waals surface area contributed by atoms with Crippen LogP contribution >= 0.6 is 0 Å². The number of carbonyl (C=O) groups excluding carboxylic acids is 1. The number of fused-ring (bicyclic) bond motifs is 1. The standard InChI is InChI=1S/C16H10F2O2/c1-9-4-2-5-10-8-13(20-16(9)10)15(19)14-11(17)6-3-7-12(14)18/h2-8H,1H3. The summed E-state index contributed by atoms with van der Waals surface area (Å²) in [5.74, 6) is -2.66. The van der Waals surface area contributed by atoms with Gasteiger partial charge < -0.3 is 4.42 Å². The van der Waals surface area contributed by atoms with Gasteiger partial charge in [-0.3, -0.25) is 4.79 Å². The van der Waals surface area contributed by atoms with Gasteiger partial charge in [0.05, 0.1) is 5.56 Å². The van der Waals surface area contributed by atoms with Crippen LogP contribution in [0.1, 0.15) is 21.7 Å². The van der Waals surface area contributed by atoms with Crippen LogP contribution in [-0.2, 0) is 0 Å². The van der Waals surface area contributed by atoms with Crippen molar-refractivity contribution in [3.05, 3.63) is 71.0 Å². The number of ketones is 1. The number of para-hydroxylation sites is 1. The van der Waals surface area contributed by atoms with Gasteiger partial charge in [-0.05, 0) is 30.7 Å². The van der Waals surface area contributed by atoms with Crippen LogP contribution in [0.2, 0.25) is 0 Å². The molecule has 2 aromatic carbocycles. The fraction of sp³-hybridized carbons (Fsp3) is 0.0625. The average Bonchev–Trinajstić information content (AvgIpc) is 2.84. The van der Waals surface area contributed by atoms with Gasteiger partial charge >= 0.3 is 0 Å². The predicted octanol–water partition coefficient (Wildman–Crippen LogP) is 4.25. The normalized spacial score (nSPS) is 10.9. The molecule has 0 aliphatic heterocycles. The van der Waals surface area contributed by atoms with Gasteiger partial charge in [0, 0.05) is 5.39 Å². The van der Waals surface area contributed by atoms with E-state index in [1.54, 1.807) is 6.07 Å². The zero-order valence-corrected chi connectivity index (χ0v) is 10.6. The summed E-state index contributed by atoms with van der Waals surface area (Å²) >= 11 is 0. The van der Waals surface area contributed by atoms with Crippen LogP contribution < -0.4 is 0 Å². The van der Waals surface area contributed by atoms with Crippen LogP contribution in [-0.4, -0.2) is 5.78 Å². The molecule has 1 heterocycles. The Morgan fingerprint density at radius 1 is 1.05 bits per heavy atom. The van der Waals surface area contributed by atoms with Crippen LogP contribution in [0.15, 0.2) is 46.9 Å². The Bertz CT molecular complexity index is 798. The second-order valence-electron chi connectivity index (χ2n) is 4.53. The van der Waals surface area contributed by atoms with Crippen molar-refractivity contribution >= 4 is 16.8 Å². The zero-order valence-electron chi connectivity index (χ0n) is 10.6. The maximum atomic E-state index is 13.6. The lowest BCUT2D eigenvalue weighted by Crippen LogP contribution is -2.06. The van der Waals surface area contributed by atoms with Crippen LogP contribution in [0, 0.1) is 18.6 Å². The fourth-order valence-corrected chi connectivity index (χ4v) is 2.16. The Balaban J connectivity index is 2.16. The van der Waals surface area contributed by atoms with E-state index in [0.717, 1.165) is 23.1 Å². The number of furan rings is 1. The Morgan fingerprint density at radius 2 is 1.70 bits per heavy atom. The number of benzene rings is 2. The van der Waals surface area contributed by atoms with Gasteiger partial charge in [-0.25, -0.2) is 8.78 Å². The van der Waals surface area contributed by atoms with E-state index in [2.05, 4.69) is 0 Å². The summed E-state index contributed by atoms with van der Waals surface area (Å²) in [6.45, 7) is 1.84. The molecule has 0 spiro atoms. The summed E-state index contributed by atoms with van der Waals surface area (Å²) in [5.41, 5.74) is 0.812. The molecule has 0 bridgehead atoms. The number of hydrogen-bond acceptors (Lipinski definition) is 2. The number of halogens is 2. The predicted molar refractivity (Wildman–Crippen MR) is 70.7 cm³/mol. The van der Waals surface area contributed by atoms with E-state index in [-0.39, 0.29) is 5.76 Å². The lowest BCUT2D eigenvalue weighted by atomic mass is 10.1. The zero-order chi connectivity index (χ0) is 14.3. The molecule has 0 atom stereocenters. The molecule has 0 fully saturated rings. The van der Waals surface area contributed by atoms with Gasteiger partial charge in [-0.1, -0.05) is 24.3 Å². The summed E-state index contributed by atoms with van der Waals surface area (Å²) in [4.78, 5) is 12.2. The van der Waals surface area contributed by atoms with E-state index in [1.807, 2.05) is 19.1 Å². The van der Waals surface area contributed by atoms with Crippen molar-refractivity contribution in [2.24, 2.45) is 0 Å². The molecule has 0 unspecified atom stereocenters. The monoisotopic (exact) mass is 272 g/mol. The molecular formula is C16H10F2O2. The molecule has 0 amide bonds. The summed E-state index contributed by atoms with van der Waals surface area (Å²) < 4.78 is 32.7. The van der Waals surface area contributed by atoms with Gasteiger partial charge in [-0.2, -0.15) is 0 Å². The van der Waals surface area contributed by atoms with Crippen LogP contribution in [0.5, 0.6) is 0 Å². The first-order valence-electron chi connectivity index (χ1n) is 6.06. The molecule has 3 rings (SSSR count). The first-order valence-corrected chi connectivity index (χ1v) is 6.06. The summed E-state index contributed by atoms with van der Waals surface area (Å²) in [7, 11) is 0. The molecule has 4 heteroatoms. The lowest BCUT2D eigenvalue weighted by molar-refractivity contribution is 0.100. The van der Waals surface area contributed by atoms with Gasteiger partial charge in [-0.15, -0.1) is 0 Å². The van der Waals surface area contributed by atoms with Gasteiger partial charge in [0.1, 0.15) is 17.2 Å². The minimum absolute atomic E-state index is 0.0710. The third kappa shape index (κ3) is 1.90. The average molecular weight is 272 g/mol. The summed E-state index contributed by atoms with van der Waals surface area (Å²) in [5, 5.41) is 0.727. The third-order valence-corrected chi connectivity index (χ3v) is 3.15. The molecule has 3 aromatic rings. The highest BCUT2D eigenvalue weighted by atomic mass is 19.1. The third-order valence-electron chi connectivity index (χ3n) is 3.15. The lowest BCUT2D eigenvalue weighted by Gasteiger charge is -2.01. The Hall–Kier alpha value is -2.49. The highest BCUT2D eigenvalue weighted by Crippen LogP contribution is 2.25. The topological polar surface area (TPSA) is 30.2 Å². The highest BCUT2D eigenvalue weighted by molar-refractivity contribution is 6.09. The number of carbonyl (C=O) groups is 1. The van der Waals surface area contributed by atoms with E-state index >= 15 is 0 Å². The molecule has 0 radical (unpaired) electrons. The Labute approximate surface area is 113 Å². The van der Waals surface area contributed by atoms with Gasteiger partial charge in [0.15, 0.2) is 5.76 Å². The smallest absolute Gasteiger partial charge is 0.234 e. The molecule has 20 heavy (non-hydrogen) atoms. The molecule has 0 saturated heterocycles. The quantitative estimate of drug-likeness (QED) is 0.653. The molecule has 1 aromatic heterocycles. The number of rotatable bonds is 2. The first-order chi connectivity index (χ1) is 9.58. The molecule has 2 nitrogen and oxygen atoms in total. The van der Waals surface area contributed by atoms with Crippen molar-refractivity contribution in [1.29, 1.82) is 0 Å². The van der Waals surface area contributed by atoms with Gasteiger partial charge in [0.2, 0.25) is 5.78 Å². The number of hydrogen-bond donors (Lipinski definition) is 0. The maximum Gasteiger partial charge on any atom is 0.234 e. The SMILES string of the molecule is Cc1cccc2cc(C(=O)c3c(F)cccc3F)oc12. The molecule has 100 valence electrons. The molecular weight excluding hydrogens is 262 g/mol. The van der Waals surface area contributed by atoms with E-state index in [9.17, 15) is 13.6 Å². The Morgan fingerprint density at radius 3 is 2.35 bits per heavy atom. The minimum atomic E-state index is -0.896. The van der Waals surface area contributed by atoms with Crippen molar-refractivity contribution in [2.45, 2.75) is 6.92 Å². The summed E-state index contributed by atoms with van der Waals surface area (Å²) in [6, 6.07) is 10.2. The largest absolute Gasteiger partial charge is 0.452 e.